The first-order valence-electron chi connectivity index (χ1n) is 6.74. The van der Waals surface area contributed by atoms with E-state index in [1.807, 2.05) is 0 Å². The number of hydrogen-bond donors (Lipinski definition) is 2. The molecular weight excluding hydrogens is 210 g/mol. The number of nitrogens with zero attached hydrogens (tertiary/aromatic N) is 1. The molecule has 0 aromatic carbocycles. The van der Waals surface area contributed by atoms with Crippen LogP contribution in [0.25, 0.3) is 0 Å². The van der Waals surface area contributed by atoms with E-state index in [0.29, 0.717) is 6.04 Å². The average molecular weight is 237 g/mol. The number of aromatic nitrogens is 2. The van der Waals surface area contributed by atoms with Gasteiger partial charge in [-0.05, 0) is 33.1 Å². The fourth-order valence-corrected chi connectivity index (χ4v) is 2.05. The van der Waals surface area contributed by atoms with Gasteiger partial charge in [0.25, 0.3) is 0 Å². The van der Waals surface area contributed by atoms with E-state index < -0.39 is 0 Å². The minimum atomic E-state index is 0.586. The zero-order valence-corrected chi connectivity index (χ0v) is 11.9. The molecule has 98 valence electrons. The molecule has 1 heterocycles. The second-order valence-corrected chi connectivity index (χ2v) is 5.52. The Hall–Kier alpha value is -0.830. The van der Waals surface area contributed by atoms with E-state index in [1.54, 1.807) is 0 Å². The fourth-order valence-electron chi connectivity index (χ4n) is 2.05. The van der Waals surface area contributed by atoms with Crippen LogP contribution in [0.4, 0.5) is 0 Å². The van der Waals surface area contributed by atoms with Crippen LogP contribution in [0.1, 0.15) is 57.0 Å². The number of rotatable bonds is 7. The van der Waals surface area contributed by atoms with Gasteiger partial charge in [-0.3, -0.25) is 5.10 Å². The average Bonchev–Trinajstić information content (AvgIpc) is 2.55. The Morgan fingerprint density at radius 2 is 1.88 bits per heavy atom. The second kappa shape index (κ2) is 6.80. The molecule has 17 heavy (non-hydrogen) atoms. The highest BCUT2D eigenvalue weighted by Gasteiger charge is 2.08. The zero-order valence-electron chi connectivity index (χ0n) is 11.9. The second-order valence-electron chi connectivity index (χ2n) is 5.52. The molecule has 1 unspecified atom stereocenters. The molecule has 0 spiro atoms. The lowest BCUT2D eigenvalue weighted by Crippen LogP contribution is -2.25. The fraction of sp³-hybridized carbons (Fsp3) is 0.786. The molecule has 3 heteroatoms. The van der Waals surface area contributed by atoms with Crippen LogP contribution in [0, 0.1) is 19.8 Å². The largest absolute Gasteiger partial charge is 0.310 e. The monoisotopic (exact) mass is 237 g/mol. The SMILES string of the molecule is Cc1n[nH]c(C)c1CNC(C)CCCC(C)C. The van der Waals surface area contributed by atoms with Crippen LogP contribution >= 0.6 is 0 Å². The zero-order chi connectivity index (χ0) is 12.8. The smallest absolute Gasteiger partial charge is 0.0638 e. The molecule has 0 bridgehead atoms. The van der Waals surface area contributed by atoms with E-state index in [-0.39, 0.29) is 0 Å². The van der Waals surface area contributed by atoms with Crippen molar-refractivity contribution < 1.29 is 0 Å². The summed E-state index contributed by atoms with van der Waals surface area (Å²) in [6.45, 7) is 11.9. The minimum absolute atomic E-state index is 0.586. The van der Waals surface area contributed by atoms with Gasteiger partial charge in [-0.2, -0.15) is 5.10 Å². The summed E-state index contributed by atoms with van der Waals surface area (Å²) in [5, 5.41) is 10.8. The van der Waals surface area contributed by atoms with E-state index in [4.69, 9.17) is 0 Å². The molecule has 0 aliphatic rings. The Morgan fingerprint density at radius 3 is 2.41 bits per heavy atom. The maximum Gasteiger partial charge on any atom is 0.0638 e. The Kier molecular flexibility index (Phi) is 5.69. The maximum atomic E-state index is 4.21. The summed E-state index contributed by atoms with van der Waals surface area (Å²) in [4.78, 5) is 0. The first-order valence-corrected chi connectivity index (χ1v) is 6.74. The number of aromatic amines is 1. The molecule has 1 atom stereocenters. The third-order valence-corrected chi connectivity index (χ3v) is 3.33. The summed E-state index contributed by atoms with van der Waals surface area (Å²) >= 11 is 0. The quantitative estimate of drug-likeness (QED) is 0.763. The van der Waals surface area contributed by atoms with Crippen LogP contribution in [0.3, 0.4) is 0 Å². The molecule has 0 radical (unpaired) electrons. The van der Waals surface area contributed by atoms with Crippen molar-refractivity contribution in [3.05, 3.63) is 17.0 Å². The highest BCUT2D eigenvalue weighted by Crippen LogP contribution is 2.11. The van der Waals surface area contributed by atoms with E-state index in [1.165, 1.54) is 30.5 Å². The number of aryl methyl sites for hydroxylation is 2. The van der Waals surface area contributed by atoms with Gasteiger partial charge in [-0.15, -0.1) is 0 Å². The summed E-state index contributed by atoms with van der Waals surface area (Å²) in [6.07, 6.45) is 3.90. The lowest BCUT2D eigenvalue weighted by atomic mass is 10.0. The third-order valence-electron chi connectivity index (χ3n) is 3.33. The molecule has 1 aromatic rings. The van der Waals surface area contributed by atoms with Crippen molar-refractivity contribution >= 4 is 0 Å². The summed E-state index contributed by atoms with van der Waals surface area (Å²) in [5.41, 5.74) is 3.62. The van der Waals surface area contributed by atoms with Crippen molar-refractivity contribution in [3.8, 4) is 0 Å². The summed E-state index contributed by atoms with van der Waals surface area (Å²) < 4.78 is 0. The first-order chi connectivity index (χ1) is 8.00. The Morgan fingerprint density at radius 1 is 1.18 bits per heavy atom. The van der Waals surface area contributed by atoms with Crippen LogP contribution in [0.5, 0.6) is 0 Å². The summed E-state index contributed by atoms with van der Waals surface area (Å²) in [6, 6.07) is 0.586. The lowest BCUT2D eigenvalue weighted by molar-refractivity contribution is 0.456. The van der Waals surface area contributed by atoms with Gasteiger partial charge in [0.1, 0.15) is 0 Å². The Balaban J connectivity index is 2.26. The van der Waals surface area contributed by atoms with E-state index >= 15 is 0 Å². The molecule has 3 nitrogen and oxygen atoms in total. The standard InChI is InChI=1S/C14H27N3/c1-10(2)7-6-8-11(3)15-9-14-12(4)16-17-13(14)5/h10-11,15H,6-9H2,1-5H3,(H,16,17). The normalized spacial score (nSPS) is 13.3. The van der Waals surface area contributed by atoms with Gasteiger partial charge in [0.2, 0.25) is 0 Å². The number of hydrogen-bond acceptors (Lipinski definition) is 2. The van der Waals surface area contributed by atoms with Crippen LogP contribution < -0.4 is 5.32 Å². The van der Waals surface area contributed by atoms with E-state index in [0.717, 1.165) is 18.2 Å². The predicted molar refractivity (Wildman–Crippen MR) is 73.1 cm³/mol. The Bertz CT molecular complexity index is 309. The van der Waals surface area contributed by atoms with Crippen molar-refractivity contribution in [3.63, 3.8) is 0 Å². The highest BCUT2D eigenvalue weighted by molar-refractivity contribution is 5.22. The molecule has 1 aromatic heterocycles. The van der Waals surface area contributed by atoms with Gasteiger partial charge >= 0.3 is 0 Å². The van der Waals surface area contributed by atoms with Gasteiger partial charge in [0.05, 0.1) is 5.69 Å². The van der Waals surface area contributed by atoms with Crippen molar-refractivity contribution in [2.24, 2.45) is 5.92 Å². The molecule has 0 aliphatic carbocycles. The predicted octanol–water partition coefficient (Wildman–Crippen LogP) is 3.33. The summed E-state index contributed by atoms with van der Waals surface area (Å²) in [5.74, 6) is 0.820. The molecule has 0 aliphatic heterocycles. The van der Waals surface area contributed by atoms with E-state index in [2.05, 4.69) is 50.1 Å². The van der Waals surface area contributed by atoms with Crippen LogP contribution in [-0.4, -0.2) is 16.2 Å². The van der Waals surface area contributed by atoms with Crippen LogP contribution in [-0.2, 0) is 6.54 Å². The van der Waals surface area contributed by atoms with Crippen molar-refractivity contribution in [2.45, 2.75) is 66.5 Å². The van der Waals surface area contributed by atoms with Crippen LogP contribution in [0.2, 0.25) is 0 Å². The molecule has 1 rings (SSSR count). The van der Waals surface area contributed by atoms with Crippen LogP contribution in [0.15, 0.2) is 0 Å². The number of nitrogens with one attached hydrogen (secondary N) is 2. The van der Waals surface area contributed by atoms with Gasteiger partial charge < -0.3 is 5.32 Å². The topological polar surface area (TPSA) is 40.7 Å². The van der Waals surface area contributed by atoms with Gasteiger partial charge in [-0.25, -0.2) is 0 Å². The van der Waals surface area contributed by atoms with Crippen molar-refractivity contribution in [1.82, 2.24) is 15.5 Å². The highest BCUT2D eigenvalue weighted by atomic mass is 15.1. The molecule has 2 N–H and O–H groups in total. The van der Waals surface area contributed by atoms with Crippen molar-refractivity contribution in [2.75, 3.05) is 0 Å². The molecular formula is C14H27N3. The summed E-state index contributed by atoms with van der Waals surface area (Å²) in [7, 11) is 0. The molecule has 0 saturated carbocycles. The molecule has 0 saturated heterocycles. The van der Waals surface area contributed by atoms with Crippen molar-refractivity contribution in [1.29, 1.82) is 0 Å². The van der Waals surface area contributed by atoms with E-state index in [9.17, 15) is 0 Å². The van der Waals surface area contributed by atoms with Gasteiger partial charge in [0.15, 0.2) is 0 Å². The Labute approximate surface area is 105 Å². The van der Waals surface area contributed by atoms with Gasteiger partial charge in [-0.1, -0.05) is 26.7 Å². The first kappa shape index (κ1) is 14.2. The van der Waals surface area contributed by atoms with Gasteiger partial charge in [0, 0.05) is 23.8 Å². The molecule has 0 amide bonds. The third kappa shape index (κ3) is 4.90. The molecule has 0 fully saturated rings. The maximum absolute atomic E-state index is 4.21. The number of H-pyrrole nitrogens is 1. The lowest BCUT2D eigenvalue weighted by Gasteiger charge is -2.14. The minimum Gasteiger partial charge on any atom is -0.310 e.